The number of carbonyl (C=O) groups excluding carboxylic acids is 2. The maximum absolute atomic E-state index is 13.0. The first-order chi connectivity index (χ1) is 16.1. The number of nitrogens with zero attached hydrogens (tertiary/aromatic N) is 3. The summed E-state index contributed by atoms with van der Waals surface area (Å²) in [6.45, 7) is 7.39. The van der Waals surface area contributed by atoms with Crippen molar-refractivity contribution in [3.05, 3.63) is 70.1 Å². The molecular formula is C25H32N4O5. The van der Waals surface area contributed by atoms with Crippen LogP contribution in [0.25, 0.3) is 10.4 Å². The highest BCUT2D eigenvalue weighted by Crippen LogP contribution is 2.28. The highest BCUT2D eigenvalue weighted by Gasteiger charge is 2.35. The van der Waals surface area contributed by atoms with Crippen LogP contribution in [-0.4, -0.2) is 37.9 Å². The molecule has 0 heterocycles. The molecule has 0 spiro atoms. The standard InChI is InChI=1S/C25H32N4O5/c1-24(2,3)23(31)34-25(4,17-18-9-7-6-8-10-18)28-22(30)16-19-11-12-20(21(15-19)32-5)33-14-13-27-29-26/h6-12,15H,13-14,16-17H2,1-5H3,(H,28,30)/t25-/m1/s1. The van der Waals surface area contributed by atoms with Gasteiger partial charge in [-0.15, -0.1) is 0 Å². The van der Waals surface area contributed by atoms with Gasteiger partial charge in [-0.3, -0.25) is 9.59 Å². The van der Waals surface area contributed by atoms with Crippen LogP contribution in [0, 0.1) is 5.41 Å². The Labute approximate surface area is 200 Å². The highest BCUT2D eigenvalue weighted by molar-refractivity contribution is 5.80. The molecule has 0 aromatic heterocycles. The van der Waals surface area contributed by atoms with Crippen molar-refractivity contribution < 1.29 is 23.8 Å². The van der Waals surface area contributed by atoms with Gasteiger partial charge in [-0.1, -0.05) is 41.5 Å². The number of methoxy groups -OCH3 is 1. The quantitative estimate of drug-likeness (QED) is 0.129. The van der Waals surface area contributed by atoms with Gasteiger partial charge in [0.15, 0.2) is 17.2 Å². The van der Waals surface area contributed by atoms with Gasteiger partial charge in [0.2, 0.25) is 5.91 Å². The number of amides is 1. The molecule has 2 rings (SSSR count). The average Bonchev–Trinajstić information content (AvgIpc) is 2.77. The predicted octanol–water partition coefficient (Wildman–Crippen LogP) is 4.59. The van der Waals surface area contributed by atoms with Crippen LogP contribution in [-0.2, 0) is 27.2 Å². The van der Waals surface area contributed by atoms with E-state index in [1.54, 1.807) is 45.9 Å². The van der Waals surface area contributed by atoms with E-state index in [0.717, 1.165) is 5.56 Å². The number of esters is 1. The fourth-order valence-electron chi connectivity index (χ4n) is 3.16. The number of ether oxygens (including phenoxy) is 3. The number of benzene rings is 2. The maximum atomic E-state index is 13.0. The Morgan fingerprint density at radius 1 is 1.03 bits per heavy atom. The number of hydrogen-bond acceptors (Lipinski definition) is 6. The Bertz CT molecular complexity index is 1030. The molecule has 1 atom stereocenters. The monoisotopic (exact) mass is 468 g/mol. The molecule has 1 N–H and O–H groups in total. The van der Waals surface area contributed by atoms with Gasteiger partial charge >= 0.3 is 5.97 Å². The van der Waals surface area contributed by atoms with Crippen LogP contribution in [0.2, 0.25) is 0 Å². The van der Waals surface area contributed by atoms with E-state index in [1.807, 2.05) is 30.3 Å². The van der Waals surface area contributed by atoms with Crippen LogP contribution in [0.4, 0.5) is 0 Å². The van der Waals surface area contributed by atoms with Crippen molar-refractivity contribution in [2.45, 2.75) is 46.3 Å². The van der Waals surface area contributed by atoms with E-state index in [-0.39, 0.29) is 25.5 Å². The summed E-state index contributed by atoms with van der Waals surface area (Å²) < 4.78 is 16.7. The average molecular weight is 469 g/mol. The normalized spacial score (nSPS) is 12.6. The Hall–Kier alpha value is -3.71. The molecule has 0 saturated carbocycles. The SMILES string of the molecule is COc1cc(CC(=O)N[C@@](C)(Cc2ccccc2)OC(=O)C(C)(C)C)ccc1OCCN=[N+]=[N-]. The molecule has 0 saturated heterocycles. The fraction of sp³-hybridized carbons (Fsp3) is 0.440. The molecule has 1 amide bonds. The third-order valence-corrected chi connectivity index (χ3v) is 4.82. The first-order valence-electron chi connectivity index (χ1n) is 11.0. The van der Waals surface area contributed by atoms with Crippen LogP contribution >= 0.6 is 0 Å². The topological polar surface area (TPSA) is 123 Å². The number of azide groups is 1. The Morgan fingerprint density at radius 3 is 2.35 bits per heavy atom. The lowest BCUT2D eigenvalue weighted by Crippen LogP contribution is -2.52. The lowest BCUT2D eigenvalue weighted by Gasteiger charge is -2.33. The maximum Gasteiger partial charge on any atom is 0.313 e. The third kappa shape index (κ3) is 8.33. The summed E-state index contributed by atoms with van der Waals surface area (Å²) in [5, 5.41) is 6.32. The van der Waals surface area contributed by atoms with Gasteiger partial charge in [-0.25, -0.2) is 0 Å². The summed E-state index contributed by atoms with van der Waals surface area (Å²) in [6, 6.07) is 14.7. The second kappa shape index (κ2) is 12.0. The summed E-state index contributed by atoms with van der Waals surface area (Å²) in [6.07, 6.45) is 0.371. The van der Waals surface area contributed by atoms with E-state index in [0.29, 0.717) is 23.5 Å². The summed E-state index contributed by atoms with van der Waals surface area (Å²) in [7, 11) is 1.50. The zero-order chi connectivity index (χ0) is 25.2. The lowest BCUT2D eigenvalue weighted by atomic mass is 9.96. The molecule has 2 aromatic carbocycles. The summed E-state index contributed by atoms with van der Waals surface area (Å²) in [5.74, 6) is 0.222. The van der Waals surface area contributed by atoms with Gasteiger partial charge in [0.1, 0.15) is 0 Å². The molecule has 0 bridgehead atoms. The lowest BCUT2D eigenvalue weighted by molar-refractivity contribution is -0.172. The molecule has 2 aromatic rings. The minimum atomic E-state index is -1.23. The second-order valence-corrected chi connectivity index (χ2v) is 9.05. The third-order valence-electron chi connectivity index (χ3n) is 4.82. The minimum Gasteiger partial charge on any atom is -0.493 e. The number of nitrogens with one attached hydrogen (secondary N) is 1. The summed E-state index contributed by atoms with van der Waals surface area (Å²) >= 11 is 0. The molecular weight excluding hydrogens is 436 g/mol. The molecule has 0 aliphatic rings. The van der Waals surface area contributed by atoms with Gasteiger partial charge in [0.25, 0.3) is 0 Å². The number of hydrogen-bond donors (Lipinski definition) is 1. The van der Waals surface area contributed by atoms with Crippen LogP contribution < -0.4 is 14.8 Å². The van der Waals surface area contributed by atoms with Gasteiger partial charge in [0.05, 0.1) is 32.1 Å². The van der Waals surface area contributed by atoms with Crippen molar-refractivity contribution in [1.82, 2.24) is 5.32 Å². The molecule has 182 valence electrons. The van der Waals surface area contributed by atoms with E-state index in [4.69, 9.17) is 19.7 Å². The Kier molecular flexibility index (Phi) is 9.33. The molecule has 0 unspecified atom stereocenters. The van der Waals surface area contributed by atoms with Crippen molar-refractivity contribution >= 4 is 11.9 Å². The zero-order valence-electron chi connectivity index (χ0n) is 20.3. The molecule has 0 radical (unpaired) electrons. The van der Waals surface area contributed by atoms with Gasteiger partial charge in [0, 0.05) is 11.3 Å². The molecule has 9 heteroatoms. The molecule has 0 aliphatic heterocycles. The van der Waals surface area contributed by atoms with E-state index in [9.17, 15) is 9.59 Å². The zero-order valence-corrected chi connectivity index (χ0v) is 20.3. The van der Waals surface area contributed by atoms with Gasteiger partial charge in [-0.2, -0.15) is 0 Å². The Balaban J connectivity index is 2.14. The largest absolute Gasteiger partial charge is 0.493 e. The van der Waals surface area contributed by atoms with Crippen molar-refractivity contribution in [2.24, 2.45) is 10.5 Å². The van der Waals surface area contributed by atoms with Crippen molar-refractivity contribution in [3.8, 4) is 11.5 Å². The number of carbonyl (C=O) groups is 2. The molecule has 0 aliphatic carbocycles. The molecule has 9 nitrogen and oxygen atoms in total. The predicted molar refractivity (Wildman–Crippen MR) is 128 cm³/mol. The van der Waals surface area contributed by atoms with E-state index in [1.165, 1.54) is 7.11 Å². The van der Waals surface area contributed by atoms with Crippen LogP contribution in [0.1, 0.15) is 38.8 Å². The van der Waals surface area contributed by atoms with Crippen LogP contribution in [0.3, 0.4) is 0 Å². The smallest absolute Gasteiger partial charge is 0.313 e. The summed E-state index contributed by atoms with van der Waals surface area (Å²) in [4.78, 5) is 28.3. The van der Waals surface area contributed by atoms with Crippen LogP contribution in [0.15, 0.2) is 53.6 Å². The summed E-state index contributed by atoms with van der Waals surface area (Å²) in [5.41, 5.74) is 8.03. The first kappa shape index (κ1) is 26.5. The van der Waals surface area contributed by atoms with Crippen molar-refractivity contribution in [3.63, 3.8) is 0 Å². The Morgan fingerprint density at radius 2 is 1.74 bits per heavy atom. The van der Waals surface area contributed by atoms with Crippen LogP contribution in [0.5, 0.6) is 11.5 Å². The fourth-order valence-corrected chi connectivity index (χ4v) is 3.16. The first-order valence-corrected chi connectivity index (χ1v) is 11.0. The van der Waals surface area contributed by atoms with E-state index in [2.05, 4.69) is 15.3 Å². The highest BCUT2D eigenvalue weighted by atomic mass is 16.6. The second-order valence-electron chi connectivity index (χ2n) is 9.05. The van der Waals surface area contributed by atoms with Gasteiger partial charge < -0.3 is 19.5 Å². The molecule has 34 heavy (non-hydrogen) atoms. The van der Waals surface area contributed by atoms with Crippen molar-refractivity contribution in [2.75, 3.05) is 20.3 Å². The van der Waals surface area contributed by atoms with Gasteiger partial charge in [-0.05, 0) is 56.5 Å². The van der Waals surface area contributed by atoms with Crippen molar-refractivity contribution in [1.29, 1.82) is 0 Å². The minimum absolute atomic E-state index is 0.0484. The van der Waals surface area contributed by atoms with E-state index < -0.39 is 17.1 Å². The molecule has 0 fully saturated rings. The number of rotatable bonds is 11. The van der Waals surface area contributed by atoms with E-state index >= 15 is 0 Å².